The lowest BCUT2D eigenvalue weighted by Gasteiger charge is -2.31. The highest BCUT2D eigenvalue weighted by atomic mass is 19.4. The van der Waals surface area contributed by atoms with Crippen molar-refractivity contribution in [2.75, 3.05) is 0 Å². The maximum Gasteiger partial charge on any atom is 0.416 e. The van der Waals surface area contributed by atoms with Gasteiger partial charge in [0, 0.05) is 31.0 Å². The van der Waals surface area contributed by atoms with Crippen LogP contribution in [0.3, 0.4) is 0 Å². The quantitative estimate of drug-likeness (QED) is 0.238. The van der Waals surface area contributed by atoms with Crippen LogP contribution in [0.2, 0.25) is 6.82 Å². The molecule has 0 bridgehead atoms. The van der Waals surface area contributed by atoms with Gasteiger partial charge in [-0.2, -0.15) is 13.2 Å². The molecule has 2 amide bonds. The van der Waals surface area contributed by atoms with Crippen molar-refractivity contribution in [1.29, 1.82) is 0 Å². The molecule has 1 unspecified atom stereocenters. The SMILES string of the molecule is CB1OC(C)(C)c2ccc(CC(=O)[C@@H](Cc3ccc(C(F)(F)F)cc3)NC(=O)[C@@H](N)CCC(=O)NC3C[C@@H](N)C[C@@H](N)C3)cc21. The molecule has 9 nitrogen and oxygen atoms in total. The highest BCUT2D eigenvalue weighted by Crippen LogP contribution is 2.31. The Morgan fingerprint density at radius 3 is 2.27 bits per heavy atom. The first kappa shape index (κ1) is 34.6. The van der Waals surface area contributed by atoms with Crippen molar-refractivity contribution >= 4 is 30.0 Å². The Morgan fingerprint density at radius 2 is 1.64 bits per heavy atom. The zero-order chi connectivity index (χ0) is 33.1. The van der Waals surface area contributed by atoms with E-state index < -0.39 is 35.3 Å². The fourth-order valence-electron chi connectivity index (χ4n) is 6.33. The van der Waals surface area contributed by atoms with Crippen LogP contribution in [0, 0.1) is 0 Å². The molecule has 244 valence electrons. The van der Waals surface area contributed by atoms with Gasteiger partial charge in [0.1, 0.15) is 0 Å². The molecule has 1 saturated carbocycles. The highest BCUT2D eigenvalue weighted by molar-refractivity contribution is 6.67. The summed E-state index contributed by atoms with van der Waals surface area (Å²) in [5, 5.41) is 5.60. The molecule has 0 aromatic heterocycles. The Morgan fingerprint density at radius 1 is 1.02 bits per heavy atom. The summed E-state index contributed by atoms with van der Waals surface area (Å²) in [6.07, 6.45) is -2.60. The molecular weight excluding hydrogens is 586 g/mol. The van der Waals surface area contributed by atoms with Gasteiger partial charge in [-0.25, -0.2) is 0 Å². The molecule has 1 fully saturated rings. The summed E-state index contributed by atoms with van der Waals surface area (Å²) >= 11 is 0. The Hall–Kier alpha value is -3.26. The van der Waals surface area contributed by atoms with E-state index in [1.165, 1.54) is 12.1 Å². The molecule has 45 heavy (non-hydrogen) atoms. The molecule has 0 radical (unpaired) electrons. The second kappa shape index (κ2) is 14.0. The van der Waals surface area contributed by atoms with Gasteiger partial charge in [0.2, 0.25) is 11.8 Å². The first-order chi connectivity index (χ1) is 21.0. The number of hydrogen-bond donors (Lipinski definition) is 5. The van der Waals surface area contributed by atoms with Gasteiger partial charge in [-0.15, -0.1) is 0 Å². The lowest BCUT2D eigenvalue weighted by atomic mass is 9.63. The minimum Gasteiger partial charge on any atom is -0.422 e. The minimum atomic E-state index is -4.50. The van der Waals surface area contributed by atoms with Crippen molar-refractivity contribution in [2.45, 2.75) is 108 Å². The molecule has 2 aromatic rings. The number of amides is 2. The number of fused-ring (bicyclic) bond motifs is 1. The number of hydrogen-bond acceptors (Lipinski definition) is 7. The predicted octanol–water partition coefficient (Wildman–Crippen LogP) is 2.07. The summed E-state index contributed by atoms with van der Waals surface area (Å²) in [6.45, 7) is 5.73. The summed E-state index contributed by atoms with van der Waals surface area (Å²) in [5.41, 5.74) is 20.0. The van der Waals surface area contributed by atoms with Crippen LogP contribution in [-0.4, -0.2) is 54.7 Å². The Labute approximate surface area is 262 Å². The van der Waals surface area contributed by atoms with Crippen molar-refractivity contribution in [3.05, 3.63) is 64.7 Å². The number of nitrogens with one attached hydrogen (secondary N) is 2. The molecule has 2 aromatic carbocycles. The minimum absolute atomic E-state index is 0.0151. The van der Waals surface area contributed by atoms with Crippen LogP contribution < -0.4 is 33.3 Å². The number of carbonyl (C=O) groups excluding carboxylic acids is 3. The van der Waals surface area contributed by atoms with Crippen LogP contribution in [0.5, 0.6) is 0 Å². The van der Waals surface area contributed by atoms with Crippen LogP contribution in [0.4, 0.5) is 13.2 Å². The maximum atomic E-state index is 13.6. The normalized spacial score (nSPS) is 22.3. The Balaban J connectivity index is 1.42. The van der Waals surface area contributed by atoms with Gasteiger partial charge in [0.25, 0.3) is 0 Å². The predicted molar refractivity (Wildman–Crippen MR) is 167 cm³/mol. The Bertz CT molecular complexity index is 1380. The van der Waals surface area contributed by atoms with E-state index in [2.05, 4.69) is 10.6 Å². The van der Waals surface area contributed by atoms with Gasteiger partial charge < -0.3 is 32.5 Å². The summed E-state index contributed by atoms with van der Waals surface area (Å²) in [4.78, 5) is 39.3. The molecule has 0 spiro atoms. The third kappa shape index (κ3) is 9.15. The van der Waals surface area contributed by atoms with Crippen LogP contribution >= 0.6 is 0 Å². The van der Waals surface area contributed by atoms with E-state index in [4.69, 9.17) is 21.9 Å². The van der Waals surface area contributed by atoms with Gasteiger partial charge in [-0.1, -0.05) is 37.2 Å². The van der Waals surface area contributed by atoms with Crippen LogP contribution in [-0.2, 0) is 43.7 Å². The topological polar surface area (TPSA) is 163 Å². The molecule has 1 aliphatic heterocycles. The zero-order valence-electron chi connectivity index (χ0n) is 26.0. The number of carbonyl (C=O) groups is 3. The third-order valence-corrected chi connectivity index (χ3v) is 8.64. The summed E-state index contributed by atoms with van der Waals surface area (Å²) in [7, 11) is 0. The third-order valence-electron chi connectivity index (χ3n) is 8.64. The average Bonchev–Trinajstić information content (AvgIpc) is 3.17. The number of Topliss-reactive ketones (excluding diaryl/α,β-unsaturated/α-hetero) is 1. The lowest BCUT2D eigenvalue weighted by Crippen LogP contribution is -2.51. The lowest BCUT2D eigenvalue weighted by molar-refractivity contribution is -0.137. The van der Waals surface area contributed by atoms with E-state index >= 15 is 0 Å². The average molecular weight is 630 g/mol. The summed E-state index contributed by atoms with van der Waals surface area (Å²) in [6, 6.07) is 7.68. The van der Waals surface area contributed by atoms with Gasteiger partial charge >= 0.3 is 13.1 Å². The first-order valence-corrected chi connectivity index (χ1v) is 15.4. The summed E-state index contributed by atoms with van der Waals surface area (Å²) in [5.74, 6) is -1.24. The fraction of sp³-hybridized carbons (Fsp3) is 0.531. The molecule has 1 heterocycles. The largest absolute Gasteiger partial charge is 0.422 e. The molecule has 8 N–H and O–H groups in total. The van der Waals surface area contributed by atoms with Crippen molar-refractivity contribution in [1.82, 2.24) is 10.6 Å². The highest BCUT2D eigenvalue weighted by Gasteiger charge is 2.38. The number of ketones is 1. The molecule has 1 aliphatic carbocycles. The van der Waals surface area contributed by atoms with E-state index in [9.17, 15) is 27.6 Å². The standard InChI is InChI=1S/C32H43BF3N5O4/c1-31(2)24-9-6-19(12-25(24)33(3)45-31)14-28(42)27(13-18-4-7-20(8-5-18)32(34,35)36)41-30(44)26(39)10-11-29(43)40-23-16-21(37)15-22(38)17-23/h4-9,12,21-23,26-27H,10-11,13-17,37-39H2,1-3H3,(H,40,43)(H,41,44)/t21-,22+,23?,26-,27+/m0/s1. The molecular formula is C32H43BF3N5O4. The van der Waals surface area contributed by atoms with Gasteiger partial charge in [0.15, 0.2) is 5.78 Å². The molecule has 5 atom stereocenters. The van der Waals surface area contributed by atoms with Crippen LogP contribution in [0.25, 0.3) is 0 Å². The van der Waals surface area contributed by atoms with Crippen molar-refractivity contribution in [3.63, 3.8) is 0 Å². The molecule has 4 rings (SSSR count). The van der Waals surface area contributed by atoms with E-state index in [0.717, 1.165) is 28.7 Å². The van der Waals surface area contributed by atoms with Crippen LogP contribution in [0.1, 0.15) is 68.2 Å². The number of alkyl halides is 3. The smallest absolute Gasteiger partial charge is 0.416 e. The molecule has 13 heteroatoms. The monoisotopic (exact) mass is 629 g/mol. The van der Waals surface area contributed by atoms with Gasteiger partial charge in [-0.3, -0.25) is 14.4 Å². The number of benzene rings is 2. The van der Waals surface area contributed by atoms with E-state index in [0.29, 0.717) is 24.8 Å². The second-order valence-corrected chi connectivity index (χ2v) is 12.9. The second-order valence-electron chi connectivity index (χ2n) is 12.9. The van der Waals surface area contributed by atoms with Crippen LogP contribution in [0.15, 0.2) is 42.5 Å². The van der Waals surface area contributed by atoms with Crippen molar-refractivity contribution < 1.29 is 32.2 Å². The number of nitrogens with two attached hydrogens (primary N) is 3. The van der Waals surface area contributed by atoms with E-state index in [-0.39, 0.29) is 62.4 Å². The molecule has 0 saturated heterocycles. The van der Waals surface area contributed by atoms with E-state index in [1.54, 1.807) is 0 Å². The van der Waals surface area contributed by atoms with Crippen molar-refractivity contribution in [2.24, 2.45) is 17.2 Å². The number of halogens is 3. The van der Waals surface area contributed by atoms with E-state index in [1.807, 2.05) is 38.9 Å². The number of rotatable bonds is 11. The zero-order valence-corrected chi connectivity index (χ0v) is 26.0. The van der Waals surface area contributed by atoms with Gasteiger partial charge in [-0.05, 0) is 80.2 Å². The van der Waals surface area contributed by atoms with Gasteiger partial charge in [0.05, 0.1) is 23.2 Å². The Kier molecular flexibility index (Phi) is 10.8. The first-order valence-electron chi connectivity index (χ1n) is 15.4. The maximum absolute atomic E-state index is 13.6. The fourth-order valence-corrected chi connectivity index (χ4v) is 6.33. The summed E-state index contributed by atoms with van der Waals surface area (Å²) < 4.78 is 45.3. The van der Waals surface area contributed by atoms with Crippen molar-refractivity contribution in [3.8, 4) is 0 Å². The molecule has 2 aliphatic rings.